The van der Waals surface area contributed by atoms with Crippen LogP contribution in [0.4, 0.5) is 4.79 Å². The highest BCUT2D eigenvalue weighted by Crippen LogP contribution is 2.14. The van der Waals surface area contributed by atoms with Crippen LogP contribution >= 0.6 is 0 Å². The molecule has 0 bridgehead atoms. The first-order chi connectivity index (χ1) is 10.2. The molecule has 1 aliphatic rings. The quantitative estimate of drug-likeness (QED) is 0.380. The normalized spacial score (nSPS) is 16.0. The molecule has 0 atom stereocenters. The van der Waals surface area contributed by atoms with E-state index in [0.717, 1.165) is 5.56 Å². The van der Waals surface area contributed by atoms with E-state index in [1.165, 1.54) is 0 Å². The number of aliphatic hydroxyl groups is 1. The average Bonchev–Trinajstić information content (AvgIpc) is 2.78. The standard InChI is InChI=1S/C14H16N2O5/c17-5-6-20-7-8-21-11-3-1-10(2-4-11)9-12-13(18)16-14(19)15-12/h1-4,9,17H,5-8H2,(H2,15,16,18,19)/b12-9-. The van der Waals surface area contributed by atoms with Gasteiger partial charge in [0.2, 0.25) is 0 Å². The second-order valence-electron chi connectivity index (χ2n) is 4.22. The minimum absolute atomic E-state index is 0.00647. The Balaban J connectivity index is 1.86. The van der Waals surface area contributed by atoms with Crippen molar-refractivity contribution >= 4 is 18.0 Å². The summed E-state index contributed by atoms with van der Waals surface area (Å²) in [5.41, 5.74) is 0.984. The Labute approximate surface area is 121 Å². The van der Waals surface area contributed by atoms with Crippen molar-refractivity contribution in [1.82, 2.24) is 10.6 Å². The maximum Gasteiger partial charge on any atom is 0.326 e. The van der Waals surface area contributed by atoms with Crippen LogP contribution in [0.3, 0.4) is 0 Å². The average molecular weight is 292 g/mol. The lowest BCUT2D eigenvalue weighted by molar-refractivity contribution is -0.115. The number of carbonyl (C=O) groups excluding carboxylic acids is 2. The first-order valence-corrected chi connectivity index (χ1v) is 6.44. The molecule has 1 aliphatic heterocycles. The van der Waals surface area contributed by atoms with Gasteiger partial charge in [-0.1, -0.05) is 12.1 Å². The number of rotatable bonds is 7. The van der Waals surface area contributed by atoms with Crippen LogP contribution in [0.5, 0.6) is 5.75 Å². The molecule has 1 aromatic carbocycles. The number of nitrogens with one attached hydrogen (secondary N) is 2. The van der Waals surface area contributed by atoms with Crippen molar-refractivity contribution in [3.63, 3.8) is 0 Å². The molecule has 112 valence electrons. The van der Waals surface area contributed by atoms with Crippen molar-refractivity contribution in [1.29, 1.82) is 0 Å². The van der Waals surface area contributed by atoms with E-state index < -0.39 is 11.9 Å². The van der Waals surface area contributed by atoms with Gasteiger partial charge in [0.05, 0.1) is 19.8 Å². The summed E-state index contributed by atoms with van der Waals surface area (Å²) in [5, 5.41) is 13.1. The summed E-state index contributed by atoms with van der Waals surface area (Å²) >= 11 is 0. The number of hydrogen-bond acceptors (Lipinski definition) is 5. The largest absolute Gasteiger partial charge is 0.491 e. The van der Waals surface area contributed by atoms with Gasteiger partial charge in [-0.05, 0) is 23.8 Å². The molecular formula is C14H16N2O5. The molecule has 0 aliphatic carbocycles. The van der Waals surface area contributed by atoms with Gasteiger partial charge in [0, 0.05) is 0 Å². The molecule has 7 nitrogen and oxygen atoms in total. The third kappa shape index (κ3) is 4.59. The lowest BCUT2D eigenvalue weighted by Crippen LogP contribution is -2.22. The predicted molar refractivity (Wildman–Crippen MR) is 74.5 cm³/mol. The number of benzene rings is 1. The van der Waals surface area contributed by atoms with Crippen molar-refractivity contribution in [3.8, 4) is 5.75 Å². The number of aliphatic hydroxyl groups excluding tert-OH is 1. The third-order valence-electron chi connectivity index (χ3n) is 2.64. The van der Waals surface area contributed by atoms with Crippen molar-refractivity contribution in [2.75, 3.05) is 26.4 Å². The van der Waals surface area contributed by atoms with Crippen LogP contribution in [0.25, 0.3) is 6.08 Å². The maximum absolute atomic E-state index is 11.4. The molecular weight excluding hydrogens is 276 g/mol. The molecule has 0 aromatic heterocycles. The Morgan fingerprint density at radius 1 is 1.05 bits per heavy atom. The number of amides is 3. The van der Waals surface area contributed by atoms with Crippen LogP contribution in [-0.2, 0) is 9.53 Å². The number of urea groups is 1. The van der Waals surface area contributed by atoms with E-state index in [1.54, 1.807) is 30.3 Å². The highest BCUT2D eigenvalue weighted by Gasteiger charge is 2.22. The van der Waals surface area contributed by atoms with E-state index in [-0.39, 0.29) is 12.3 Å². The molecule has 0 saturated carbocycles. The van der Waals surface area contributed by atoms with Gasteiger partial charge in [0.1, 0.15) is 18.1 Å². The summed E-state index contributed by atoms with van der Waals surface area (Å²) in [5.74, 6) is 0.228. The van der Waals surface area contributed by atoms with Gasteiger partial charge in [-0.3, -0.25) is 10.1 Å². The lowest BCUT2D eigenvalue weighted by Gasteiger charge is -2.06. The van der Waals surface area contributed by atoms with Crippen LogP contribution in [0.2, 0.25) is 0 Å². The summed E-state index contributed by atoms with van der Waals surface area (Å²) in [6.07, 6.45) is 1.58. The van der Waals surface area contributed by atoms with Gasteiger partial charge in [-0.25, -0.2) is 4.79 Å². The second-order valence-corrected chi connectivity index (χ2v) is 4.22. The smallest absolute Gasteiger partial charge is 0.326 e. The molecule has 1 saturated heterocycles. The topological polar surface area (TPSA) is 96.9 Å². The van der Waals surface area contributed by atoms with E-state index in [2.05, 4.69) is 10.6 Å². The number of hydrogen-bond donors (Lipinski definition) is 3. The second kappa shape index (κ2) is 7.41. The van der Waals surface area contributed by atoms with Crippen molar-refractivity contribution < 1.29 is 24.2 Å². The SMILES string of the molecule is O=C1NC(=O)/C(=C/c2ccc(OCCOCCO)cc2)N1. The molecule has 3 amide bonds. The van der Waals surface area contributed by atoms with E-state index in [9.17, 15) is 9.59 Å². The van der Waals surface area contributed by atoms with Crippen LogP contribution in [0.15, 0.2) is 30.0 Å². The third-order valence-corrected chi connectivity index (χ3v) is 2.64. The first kappa shape index (κ1) is 15.0. The van der Waals surface area contributed by atoms with Crippen LogP contribution in [0, 0.1) is 0 Å². The molecule has 21 heavy (non-hydrogen) atoms. The zero-order valence-corrected chi connectivity index (χ0v) is 11.3. The fraction of sp³-hybridized carbons (Fsp3) is 0.286. The van der Waals surface area contributed by atoms with E-state index in [0.29, 0.717) is 25.6 Å². The minimum atomic E-state index is -0.519. The maximum atomic E-state index is 11.4. The highest BCUT2D eigenvalue weighted by atomic mass is 16.5. The van der Waals surface area contributed by atoms with Gasteiger partial charge < -0.3 is 19.9 Å². The molecule has 3 N–H and O–H groups in total. The molecule has 0 radical (unpaired) electrons. The van der Waals surface area contributed by atoms with Crippen LogP contribution in [-0.4, -0.2) is 43.5 Å². The van der Waals surface area contributed by atoms with Crippen molar-refractivity contribution in [2.45, 2.75) is 0 Å². The fourth-order valence-corrected chi connectivity index (χ4v) is 1.69. The summed E-state index contributed by atoms with van der Waals surface area (Å²) in [6, 6.07) is 6.54. The number of carbonyl (C=O) groups is 2. The molecule has 7 heteroatoms. The predicted octanol–water partition coefficient (Wildman–Crippen LogP) is 0.255. The molecule has 1 heterocycles. The Morgan fingerprint density at radius 3 is 2.43 bits per heavy atom. The van der Waals surface area contributed by atoms with Gasteiger partial charge in [0.15, 0.2) is 0 Å². The van der Waals surface area contributed by atoms with E-state index in [4.69, 9.17) is 14.6 Å². The Bertz CT molecular complexity index is 539. The molecule has 0 spiro atoms. The molecule has 1 fully saturated rings. The lowest BCUT2D eigenvalue weighted by atomic mass is 10.2. The Morgan fingerprint density at radius 2 is 1.81 bits per heavy atom. The summed E-state index contributed by atoms with van der Waals surface area (Å²) < 4.78 is 10.5. The van der Waals surface area contributed by atoms with Crippen LogP contribution in [0.1, 0.15) is 5.56 Å². The zero-order valence-electron chi connectivity index (χ0n) is 11.3. The van der Waals surface area contributed by atoms with E-state index >= 15 is 0 Å². The van der Waals surface area contributed by atoms with Gasteiger partial charge in [-0.15, -0.1) is 0 Å². The summed E-state index contributed by atoms with van der Waals surface area (Å²) in [6.45, 7) is 1.08. The first-order valence-electron chi connectivity index (χ1n) is 6.44. The zero-order chi connectivity index (χ0) is 15.1. The molecule has 2 rings (SSSR count). The minimum Gasteiger partial charge on any atom is -0.491 e. The number of ether oxygens (including phenoxy) is 2. The highest BCUT2D eigenvalue weighted by molar-refractivity contribution is 6.13. The Kier molecular flexibility index (Phi) is 5.30. The molecule has 1 aromatic rings. The Hall–Kier alpha value is -2.38. The van der Waals surface area contributed by atoms with Crippen molar-refractivity contribution in [3.05, 3.63) is 35.5 Å². The summed E-state index contributed by atoms with van der Waals surface area (Å²) in [7, 11) is 0. The number of imide groups is 1. The fourth-order valence-electron chi connectivity index (χ4n) is 1.69. The summed E-state index contributed by atoms with van der Waals surface area (Å²) in [4.78, 5) is 22.3. The van der Waals surface area contributed by atoms with Gasteiger partial charge >= 0.3 is 6.03 Å². The van der Waals surface area contributed by atoms with Crippen LogP contribution < -0.4 is 15.4 Å². The van der Waals surface area contributed by atoms with Gasteiger partial charge in [-0.2, -0.15) is 0 Å². The van der Waals surface area contributed by atoms with Crippen molar-refractivity contribution in [2.24, 2.45) is 0 Å². The monoisotopic (exact) mass is 292 g/mol. The van der Waals surface area contributed by atoms with Gasteiger partial charge in [0.25, 0.3) is 5.91 Å². The molecule has 0 unspecified atom stereocenters. The van der Waals surface area contributed by atoms with E-state index in [1.807, 2.05) is 0 Å².